The number of nitrogens with one attached hydrogen (secondary N) is 1. The van der Waals surface area contributed by atoms with Gasteiger partial charge >= 0.3 is 0 Å². The van der Waals surface area contributed by atoms with Crippen molar-refractivity contribution in [1.82, 2.24) is 5.32 Å². The average Bonchev–Trinajstić information content (AvgIpc) is 2.71. The Labute approximate surface area is 122 Å². The van der Waals surface area contributed by atoms with Crippen molar-refractivity contribution in [2.45, 2.75) is 12.8 Å². The molecule has 2 rings (SSSR count). The van der Waals surface area contributed by atoms with Gasteiger partial charge in [0.15, 0.2) is 11.5 Å². The molecule has 1 heterocycles. The number of phenolic OH excluding ortho intramolecular Hbond substituents is 1. The lowest BCUT2D eigenvalue weighted by atomic mass is 10.0. The summed E-state index contributed by atoms with van der Waals surface area (Å²) < 4.78 is 5.16. The van der Waals surface area contributed by atoms with Crippen molar-refractivity contribution in [3.63, 3.8) is 0 Å². The summed E-state index contributed by atoms with van der Waals surface area (Å²) in [5, 5.41) is 12.6. The average molecular weight is 289 g/mol. The molecule has 0 unspecified atom stereocenters. The molecule has 1 aliphatic rings. The van der Waals surface area contributed by atoms with Gasteiger partial charge in [-0.2, -0.15) is 0 Å². The lowest BCUT2D eigenvalue weighted by Gasteiger charge is -2.10. The molecule has 0 saturated carbocycles. The minimum absolute atomic E-state index is 0.0988. The number of allylic oxidation sites excluding steroid dienone is 1. The minimum Gasteiger partial charge on any atom is -0.504 e. The Kier molecular flexibility index (Phi) is 4.20. The quantitative estimate of drug-likeness (QED) is 0.507. The van der Waals surface area contributed by atoms with Crippen molar-refractivity contribution in [2.75, 3.05) is 7.11 Å². The van der Waals surface area contributed by atoms with Gasteiger partial charge in [-0.05, 0) is 35.8 Å². The summed E-state index contributed by atoms with van der Waals surface area (Å²) in [4.78, 5) is 11.7. The van der Waals surface area contributed by atoms with E-state index in [0.717, 1.165) is 16.7 Å². The zero-order valence-electron chi connectivity index (χ0n) is 11.1. The van der Waals surface area contributed by atoms with Crippen LogP contribution < -0.4 is 10.1 Å². The molecule has 0 aromatic heterocycles. The van der Waals surface area contributed by atoms with E-state index in [9.17, 15) is 9.90 Å². The van der Waals surface area contributed by atoms with Gasteiger partial charge in [0.1, 0.15) is 4.99 Å². The highest BCUT2D eigenvalue weighted by Crippen LogP contribution is 2.33. The number of rotatable bonds is 4. The molecule has 0 atom stereocenters. The van der Waals surface area contributed by atoms with E-state index in [1.807, 2.05) is 12.1 Å². The van der Waals surface area contributed by atoms with Crippen LogP contribution in [0.5, 0.6) is 11.5 Å². The molecule has 0 spiro atoms. The smallest absolute Gasteiger partial charge is 0.229 e. The number of benzene rings is 1. The Morgan fingerprint density at radius 2 is 2.30 bits per heavy atom. The molecule has 5 heteroatoms. The number of thiocarbonyl (C=S) groups is 1. The fourth-order valence-corrected chi connectivity index (χ4v) is 2.31. The van der Waals surface area contributed by atoms with E-state index in [4.69, 9.17) is 17.0 Å². The van der Waals surface area contributed by atoms with Crippen LogP contribution in [0.15, 0.2) is 30.4 Å². The molecule has 0 radical (unpaired) electrons. The van der Waals surface area contributed by atoms with Gasteiger partial charge in [0.25, 0.3) is 0 Å². The van der Waals surface area contributed by atoms with Crippen molar-refractivity contribution in [3.8, 4) is 11.5 Å². The molecule has 104 valence electrons. The molecule has 1 fully saturated rings. The van der Waals surface area contributed by atoms with E-state index in [1.54, 1.807) is 12.1 Å². The third-order valence-corrected chi connectivity index (χ3v) is 3.36. The van der Waals surface area contributed by atoms with E-state index >= 15 is 0 Å². The van der Waals surface area contributed by atoms with Crippen LogP contribution in [0.3, 0.4) is 0 Å². The van der Waals surface area contributed by atoms with Crippen LogP contribution in [0, 0.1) is 0 Å². The van der Waals surface area contributed by atoms with Crippen LogP contribution in [0.2, 0.25) is 0 Å². The Balaban J connectivity index is 2.44. The number of ether oxygens (including phenoxy) is 1. The molecule has 1 aromatic carbocycles. The third kappa shape index (κ3) is 2.88. The van der Waals surface area contributed by atoms with Gasteiger partial charge in [0, 0.05) is 5.56 Å². The maximum Gasteiger partial charge on any atom is 0.229 e. The monoisotopic (exact) mass is 289 g/mol. The highest BCUT2D eigenvalue weighted by Gasteiger charge is 2.20. The Bertz CT molecular complexity index is 620. The SMILES string of the molecule is C=CCc1cc(/C=C2/CC(=O)NC2=S)cc(OC)c1O. The fraction of sp³-hybridized carbons (Fsp3) is 0.200. The van der Waals surface area contributed by atoms with Gasteiger partial charge in [-0.3, -0.25) is 4.79 Å². The molecule has 1 amide bonds. The lowest BCUT2D eigenvalue weighted by molar-refractivity contribution is -0.118. The zero-order chi connectivity index (χ0) is 14.7. The molecule has 0 aliphatic carbocycles. The Morgan fingerprint density at radius 3 is 2.85 bits per heavy atom. The summed E-state index contributed by atoms with van der Waals surface area (Å²) >= 11 is 5.09. The number of amides is 1. The summed E-state index contributed by atoms with van der Waals surface area (Å²) in [7, 11) is 1.49. The van der Waals surface area contributed by atoms with Gasteiger partial charge in [0.2, 0.25) is 5.91 Å². The fourth-order valence-electron chi connectivity index (χ4n) is 2.06. The van der Waals surface area contributed by atoms with Crippen LogP contribution in [0.1, 0.15) is 17.5 Å². The van der Waals surface area contributed by atoms with Gasteiger partial charge < -0.3 is 15.2 Å². The first-order valence-corrected chi connectivity index (χ1v) is 6.51. The number of phenols is 1. The minimum atomic E-state index is -0.0988. The summed E-state index contributed by atoms with van der Waals surface area (Å²) in [5.74, 6) is 0.399. The normalized spacial score (nSPS) is 16.4. The molecular weight excluding hydrogens is 274 g/mol. The van der Waals surface area contributed by atoms with Gasteiger partial charge in [-0.25, -0.2) is 0 Å². The summed E-state index contributed by atoms with van der Waals surface area (Å²) in [5.41, 5.74) is 2.31. The second kappa shape index (κ2) is 5.88. The van der Waals surface area contributed by atoms with Crippen molar-refractivity contribution in [3.05, 3.63) is 41.5 Å². The van der Waals surface area contributed by atoms with Crippen molar-refractivity contribution < 1.29 is 14.6 Å². The van der Waals surface area contributed by atoms with E-state index < -0.39 is 0 Å². The third-order valence-electron chi connectivity index (χ3n) is 3.00. The van der Waals surface area contributed by atoms with Crippen molar-refractivity contribution in [1.29, 1.82) is 0 Å². The number of hydrogen-bond acceptors (Lipinski definition) is 4. The first-order chi connectivity index (χ1) is 9.55. The molecule has 4 nitrogen and oxygen atoms in total. The van der Waals surface area contributed by atoms with Crippen LogP contribution in [0.25, 0.3) is 6.08 Å². The largest absolute Gasteiger partial charge is 0.504 e. The number of carbonyl (C=O) groups excluding carboxylic acids is 1. The number of hydrogen-bond donors (Lipinski definition) is 2. The maximum atomic E-state index is 11.3. The van der Waals surface area contributed by atoms with E-state index in [-0.39, 0.29) is 18.1 Å². The molecule has 20 heavy (non-hydrogen) atoms. The predicted molar refractivity (Wildman–Crippen MR) is 81.9 cm³/mol. The molecule has 1 aliphatic heterocycles. The molecule has 0 bridgehead atoms. The molecule has 1 aromatic rings. The maximum absolute atomic E-state index is 11.3. The van der Waals surface area contributed by atoms with Gasteiger partial charge in [-0.15, -0.1) is 6.58 Å². The number of methoxy groups -OCH3 is 1. The van der Waals surface area contributed by atoms with E-state index in [2.05, 4.69) is 11.9 Å². The topological polar surface area (TPSA) is 58.6 Å². The van der Waals surface area contributed by atoms with Gasteiger partial charge in [0.05, 0.1) is 13.5 Å². The summed E-state index contributed by atoms with van der Waals surface area (Å²) in [6.07, 6.45) is 4.34. The van der Waals surface area contributed by atoms with Crippen LogP contribution >= 0.6 is 12.2 Å². The first-order valence-electron chi connectivity index (χ1n) is 6.10. The van der Waals surface area contributed by atoms with Gasteiger partial charge in [-0.1, -0.05) is 18.3 Å². The second-order valence-electron chi connectivity index (χ2n) is 4.45. The zero-order valence-corrected chi connectivity index (χ0v) is 11.9. The van der Waals surface area contributed by atoms with Crippen LogP contribution in [0.4, 0.5) is 0 Å². The number of carbonyl (C=O) groups is 1. The van der Waals surface area contributed by atoms with Crippen LogP contribution in [-0.2, 0) is 11.2 Å². The van der Waals surface area contributed by atoms with Crippen molar-refractivity contribution >= 4 is 29.2 Å². The Morgan fingerprint density at radius 1 is 1.55 bits per heavy atom. The van der Waals surface area contributed by atoms with E-state index in [0.29, 0.717) is 17.2 Å². The molecule has 2 N–H and O–H groups in total. The van der Waals surface area contributed by atoms with Crippen molar-refractivity contribution in [2.24, 2.45) is 0 Å². The predicted octanol–water partition coefficient (Wildman–Crippen LogP) is 2.36. The number of aromatic hydroxyl groups is 1. The van der Waals surface area contributed by atoms with Crippen LogP contribution in [-0.4, -0.2) is 23.1 Å². The standard InChI is InChI=1S/C15H15NO3S/c1-3-4-10-5-9(7-12(19-2)14(10)18)6-11-8-13(17)16-15(11)20/h3,5-7,18H,1,4,8H2,2H3,(H,16,17,20)/b11-6-. The summed E-state index contributed by atoms with van der Waals surface area (Å²) in [6.45, 7) is 3.66. The summed E-state index contributed by atoms with van der Waals surface area (Å²) in [6, 6.07) is 3.54. The van der Waals surface area contributed by atoms with E-state index in [1.165, 1.54) is 7.11 Å². The molecular formula is C15H15NO3S. The second-order valence-corrected chi connectivity index (χ2v) is 4.86. The highest BCUT2D eigenvalue weighted by molar-refractivity contribution is 7.80. The Hall–Kier alpha value is -2.14. The lowest BCUT2D eigenvalue weighted by Crippen LogP contribution is -2.17. The highest BCUT2D eigenvalue weighted by atomic mass is 32.1. The first kappa shape index (κ1) is 14.3. The molecule has 1 saturated heterocycles.